The van der Waals surface area contributed by atoms with Gasteiger partial charge in [0.15, 0.2) is 22.4 Å². The number of thioether (sulfide) groups is 1. The van der Waals surface area contributed by atoms with Gasteiger partial charge >= 0.3 is 0 Å². The summed E-state index contributed by atoms with van der Waals surface area (Å²) in [5, 5.41) is 2.77. The van der Waals surface area contributed by atoms with E-state index < -0.39 is 0 Å². The van der Waals surface area contributed by atoms with Gasteiger partial charge in [-0.3, -0.25) is 14.5 Å². The molecule has 0 spiro atoms. The van der Waals surface area contributed by atoms with Gasteiger partial charge in [-0.25, -0.2) is 0 Å². The highest BCUT2D eigenvalue weighted by molar-refractivity contribution is 8.27. The van der Waals surface area contributed by atoms with Crippen LogP contribution in [0.5, 0.6) is 11.5 Å². The molecular formula is C27H24N2O4S2. The Morgan fingerprint density at radius 3 is 2.51 bits per heavy atom. The molecule has 1 aliphatic rings. The molecule has 1 saturated heterocycles. The molecule has 35 heavy (non-hydrogen) atoms. The van der Waals surface area contributed by atoms with Gasteiger partial charge in [-0.2, -0.15) is 0 Å². The second-order valence-corrected chi connectivity index (χ2v) is 9.57. The van der Waals surface area contributed by atoms with Gasteiger partial charge < -0.3 is 14.8 Å². The van der Waals surface area contributed by atoms with Crippen LogP contribution in [0.1, 0.15) is 16.7 Å². The fraction of sp³-hybridized carbons (Fsp3) is 0.148. The van der Waals surface area contributed by atoms with Gasteiger partial charge in [0.1, 0.15) is 0 Å². The van der Waals surface area contributed by atoms with E-state index in [0.717, 1.165) is 22.4 Å². The molecule has 1 N–H and O–H groups in total. The Bertz CT molecular complexity index is 1320. The van der Waals surface area contributed by atoms with Crippen molar-refractivity contribution >= 4 is 57.6 Å². The summed E-state index contributed by atoms with van der Waals surface area (Å²) >= 11 is 6.75. The zero-order valence-electron chi connectivity index (χ0n) is 19.5. The molecule has 0 aromatic heterocycles. The van der Waals surface area contributed by atoms with Crippen LogP contribution in [0.2, 0.25) is 0 Å². The van der Waals surface area contributed by atoms with Crippen LogP contribution in [0.4, 0.5) is 11.4 Å². The molecule has 6 nitrogen and oxygen atoms in total. The summed E-state index contributed by atoms with van der Waals surface area (Å²) in [6.07, 6.45) is 1.77. The highest BCUT2D eigenvalue weighted by atomic mass is 32.2. The number of para-hydroxylation sites is 1. The van der Waals surface area contributed by atoms with Crippen LogP contribution >= 0.6 is 24.0 Å². The number of nitrogens with one attached hydrogen (secondary N) is 1. The van der Waals surface area contributed by atoms with Crippen molar-refractivity contribution in [3.8, 4) is 11.5 Å². The van der Waals surface area contributed by atoms with Gasteiger partial charge in [-0.05, 0) is 73.0 Å². The second-order valence-electron chi connectivity index (χ2n) is 7.90. The van der Waals surface area contributed by atoms with Crippen molar-refractivity contribution < 1.29 is 19.1 Å². The number of nitrogens with zero attached hydrogens (tertiary/aromatic N) is 1. The summed E-state index contributed by atoms with van der Waals surface area (Å²) in [5.41, 5.74) is 4.46. The molecule has 0 atom stereocenters. The zero-order chi connectivity index (χ0) is 24.9. The lowest BCUT2D eigenvalue weighted by Gasteiger charge is -2.16. The van der Waals surface area contributed by atoms with Gasteiger partial charge in [0, 0.05) is 5.69 Å². The summed E-state index contributed by atoms with van der Waals surface area (Å²) in [7, 11) is 1.52. The van der Waals surface area contributed by atoms with E-state index in [2.05, 4.69) is 5.32 Å². The first-order chi connectivity index (χ1) is 16.9. The van der Waals surface area contributed by atoms with E-state index in [1.807, 2.05) is 50.2 Å². The smallest absolute Gasteiger partial charge is 0.270 e. The number of thiocarbonyl (C=S) groups is 1. The highest BCUT2D eigenvalue weighted by Gasteiger charge is 2.33. The lowest BCUT2D eigenvalue weighted by Crippen LogP contribution is -2.27. The molecule has 0 saturated carbocycles. The van der Waals surface area contributed by atoms with Crippen LogP contribution in [0, 0.1) is 13.8 Å². The third-order valence-electron chi connectivity index (χ3n) is 5.44. The van der Waals surface area contributed by atoms with Gasteiger partial charge in [-0.15, -0.1) is 0 Å². The third-order valence-corrected chi connectivity index (χ3v) is 6.75. The summed E-state index contributed by atoms with van der Waals surface area (Å²) in [5.74, 6) is 0.434. The molecule has 3 aromatic carbocycles. The van der Waals surface area contributed by atoms with E-state index in [0.29, 0.717) is 26.4 Å². The minimum absolute atomic E-state index is 0.167. The number of methoxy groups -OCH3 is 1. The molecule has 3 aromatic rings. The molecule has 1 heterocycles. The van der Waals surface area contributed by atoms with E-state index >= 15 is 0 Å². The third kappa shape index (κ3) is 5.72. The van der Waals surface area contributed by atoms with Crippen LogP contribution in [-0.4, -0.2) is 29.9 Å². The molecule has 178 valence electrons. The maximum absolute atomic E-state index is 13.1. The van der Waals surface area contributed by atoms with Crippen molar-refractivity contribution in [1.82, 2.24) is 0 Å². The lowest BCUT2D eigenvalue weighted by molar-refractivity contribution is -0.118. The predicted molar refractivity (Wildman–Crippen MR) is 145 cm³/mol. The molecule has 4 rings (SSSR count). The normalized spacial score (nSPS) is 14.4. The van der Waals surface area contributed by atoms with Crippen LogP contribution in [0.25, 0.3) is 6.08 Å². The van der Waals surface area contributed by atoms with E-state index in [1.54, 1.807) is 41.3 Å². The van der Waals surface area contributed by atoms with Crippen molar-refractivity contribution in [2.45, 2.75) is 13.8 Å². The molecule has 1 fully saturated rings. The minimum atomic E-state index is -0.280. The Balaban J connectivity index is 1.47. The number of carbonyl (C=O) groups is 2. The van der Waals surface area contributed by atoms with Crippen LogP contribution in [0.15, 0.2) is 71.6 Å². The molecular weight excluding hydrogens is 480 g/mol. The fourth-order valence-corrected chi connectivity index (χ4v) is 4.76. The molecule has 0 aliphatic carbocycles. The lowest BCUT2D eigenvalue weighted by atomic mass is 10.1. The number of anilines is 2. The Hall–Kier alpha value is -3.62. The molecule has 0 radical (unpaired) electrons. The number of hydrogen-bond donors (Lipinski definition) is 1. The number of aryl methyl sites for hydroxylation is 2. The van der Waals surface area contributed by atoms with Gasteiger partial charge in [0.2, 0.25) is 0 Å². The molecule has 1 aliphatic heterocycles. The van der Waals surface area contributed by atoms with E-state index in [-0.39, 0.29) is 18.4 Å². The van der Waals surface area contributed by atoms with Gasteiger partial charge in [-0.1, -0.05) is 54.3 Å². The SMILES string of the molecule is COc1cc(C=C2SC(=S)N(c3ccc(C)c(C)c3)C2=O)ccc1OCC(=O)Nc1ccccc1. The van der Waals surface area contributed by atoms with Crippen LogP contribution < -0.4 is 19.7 Å². The standard InChI is InChI=1S/C27H24N2O4S2/c1-17-9-11-21(13-18(17)2)29-26(31)24(35-27(29)34)15-19-10-12-22(23(14-19)32-3)33-16-25(30)28-20-7-5-4-6-8-20/h4-15H,16H2,1-3H3,(H,28,30). The van der Waals surface area contributed by atoms with Crippen LogP contribution in [-0.2, 0) is 9.59 Å². The number of amides is 2. The van der Waals surface area contributed by atoms with E-state index in [1.165, 1.54) is 18.9 Å². The topological polar surface area (TPSA) is 67.9 Å². The fourth-order valence-electron chi connectivity index (χ4n) is 3.46. The van der Waals surface area contributed by atoms with E-state index in [9.17, 15) is 9.59 Å². The Labute approximate surface area is 213 Å². The van der Waals surface area contributed by atoms with Crippen molar-refractivity contribution in [3.63, 3.8) is 0 Å². The average molecular weight is 505 g/mol. The van der Waals surface area contributed by atoms with Crippen LogP contribution in [0.3, 0.4) is 0 Å². The molecule has 0 unspecified atom stereocenters. The Morgan fingerprint density at radius 2 is 1.80 bits per heavy atom. The quantitative estimate of drug-likeness (QED) is 0.327. The van der Waals surface area contributed by atoms with Crippen molar-refractivity contribution in [2.24, 2.45) is 0 Å². The molecule has 0 bridgehead atoms. The summed E-state index contributed by atoms with van der Waals surface area (Å²) in [6.45, 7) is 3.87. The number of carbonyl (C=O) groups excluding carboxylic acids is 2. The van der Waals surface area contributed by atoms with Crippen molar-refractivity contribution in [1.29, 1.82) is 0 Å². The largest absolute Gasteiger partial charge is 0.493 e. The Morgan fingerprint density at radius 1 is 1.03 bits per heavy atom. The molecule has 2 amide bonds. The van der Waals surface area contributed by atoms with Crippen molar-refractivity contribution in [2.75, 3.05) is 23.9 Å². The number of hydrogen-bond acceptors (Lipinski definition) is 6. The second kappa shape index (κ2) is 10.8. The number of benzene rings is 3. The monoisotopic (exact) mass is 504 g/mol. The molecule has 8 heteroatoms. The van der Waals surface area contributed by atoms with Gasteiger partial charge in [0.05, 0.1) is 17.7 Å². The first kappa shape index (κ1) is 24.5. The zero-order valence-corrected chi connectivity index (χ0v) is 21.2. The summed E-state index contributed by atoms with van der Waals surface area (Å²) in [6, 6.07) is 20.3. The van der Waals surface area contributed by atoms with Crippen molar-refractivity contribution in [3.05, 3.63) is 88.3 Å². The summed E-state index contributed by atoms with van der Waals surface area (Å²) < 4.78 is 11.6. The predicted octanol–water partition coefficient (Wildman–Crippen LogP) is 5.74. The highest BCUT2D eigenvalue weighted by Crippen LogP contribution is 2.37. The first-order valence-corrected chi connectivity index (χ1v) is 12.1. The Kier molecular flexibility index (Phi) is 7.53. The summed E-state index contributed by atoms with van der Waals surface area (Å²) in [4.78, 5) is 27.4. The average Bonchev–Trinajstić information content (AvgIpc) is 3.13. The van der Waals surface area contributed by atoms with Gasteiger partial charge in [0.25, 0.3) is 11.8 Å². The first-order valence-electron chi connectivity index (χ1n) is 10.9. The maximum Gasteiger partial charge on any atom is 0.270 e. The maximum atomic E-state index is 13.1. The number of ether oxygens (including phenoxy) is 2. The van der Waals surface area contributed by atoms with E-state index in [4.69, 9.17) is 21.7 Å². The number of rotatable bonds is 7. The minimum Gasteiger partial charge on any atom is -0.493 e.